The van der Waals surface area contributed by atoms with Crippen LogP contribution in [0.25, 0.3) is 0 Å². The van der Waals surface area contributed by atoms with E-state index in [1.54, 1.807) is 6.92 Å². The average molecular weight is 247 g/mol. The molecule has 17 heavy (non-hydrogen) atoms. The van der Waals surface area contributed by atoms with Crippen LogP contribution in [-0.4, -0.2) is 17.6 Å². The van der Waals surface area contributed by atoms with Gasteiger partial charge in [-0.25, -0.2) is 0 Å². The first-order valence-corrected chi connectivity index (χ1v) is 5.00. The zero-order chi connectivity index (χ0) is 13.1. The van der Waals surface area contributed by atoms with Gasteiger partial charge in [-0.3, -0.25) is 4.79 Å². The van der Waals surface area contributed by atoms with Crippen molar-refractivity contribution in [1.82, 2.24) is 0 Å². The monoisotopic (exact) mass is 247 g/mol. The number of hydrogen-bond acceptors (Lipinski definition) is 2. The molecule has 0 aliphatic rings. The highest BCUT2D eigenvalue weighted by atomic mass is 19.4. The minimum absolute atomic E-state index is 0.213. The topological polar surface area (TPSA) is 49.3 Å². The number of aliphatic carboxylic acids is 1. The van der Waals surface area contributed by atoms with Crippen molar-refractivity contribution in [3.8, 4) is 0 Å². The van der Waals surface area contributed by atoms with E-state index in [4.69, 9.17) is 5.11 Å². The molecule has 0 spiro atoms. The van der Waals surface area contributed by atoms with E-state index in [9.17, 15) is 18.0 Å². The molecule has 0 atom stereocenters. The molecule has 0 aromatic heterocycles. The van der Waals surface area contributed by atoms with Crippen LogP contribution in [0, 0.1) is 0 Å². The third kappa shape index (κ3) is 3.65. The van der Waals surface area contributed by atoms with Gasteiger partial charge in [0.15, 0.2) is 0 Å². The summed E-state index contributed by atoms with van der Waals surface area (Å²) in [7, 11) is 0. The third-order valence-corrected chi connectivity index (χ3v) is 2.25. The number of hydrogen-bond donors (Lipinski definition) is 2. The van der Waals surface area contributed by atoms with E-state index in [1.165, 1.54) is 6.07 Å². The maximum Gasteiger partial charge on any atom is 0.416 e. The highest BCUT2D eigenvalue weighted by molar-refractivity contribution is 5.73. The molecule has 0 amide bonds. The van der Waals surface area contributed by atoms with Crippen LogP contribution >= 0.6 is 0 Å². The Morgan fingerprint density at radius 1 is 1.41 bits per heavy atom. The normalized spacial score (nSPS) is 11.3. The summed E-state index contributed by atoms with van der Waals surface area (Å²) >= 11 is 0. The Morgan fingerprint density at radius 3 is 2.53 bits per heavy atom. The molecule has 0 fully saturated rings. The standard InChI is InChI=1S/C11H12F3NO2/c1-2-7-3-4-8(11(12,13)14)5-9(7)15-6-10(16)17/h3-5,15H,2,6H2,1H3,(H,16,17). The second-order valence-electron chi connectivity index (χ2n) is 3.47. The molecule has 0 saturated heterocycles. The zero-order valence-corrected chi connectivity index (χ0v) is 9.14. The van der Waals surface area contributed by atoms with Crippen molar-refractivity contribution in [1.29, 1.82) is 0 Å². The molecule has 94 valence electrons. The van der Waals surface area contributed by atoms with Gasteiger partial charge in [0.25, 0.3) is 0 Å². The molecular weight excluding hydrogens is 235 g/mol. The molecule has 1 aromatic carbocycles. The number of aryl methyl sites for hydroxylation is 1. The van der Waals surface area contributed by atoms with Crippen molar-refractivity contribution in [2.24, 2.45) is 0 Å². The van der Waals surface area contributed by atoms with Crippen molar-refractivity contribution in [3.63, 3.8) is 0 Å². The lowest BCUT2D eigenvalue weighted by Crippen LogP contribution is -2.14. The largest absolute Gasteiger partial charge is 0.480 e. The summed E-state index contributed by atoms with van der Waals surface area (Å²) in [6.07, 6.45) is -3.90. The van der Waals surface area contributed by atoms with Gasteiger partial charge in [0.2, 0.25) is 0 Å². The Morgan fingerprint density at radius 2 is 2.06 bits per heavy atom. The summed E-state index contributed by atoms with van der Waals surface area (Å²) in [5.74, 6) is -1.12. The average Bonchev–Trinajstić information content (AvgIpc) is 2.24. The maximum absolute atomic E-state index is 12.5. The summed E-state index contributed by atoms with van der Waals surface area (Å²) in [6.45, 7) is 1.38. The molecule has 1 aromatic rings. The first-order valence-electron chi connectivity index (χ1n) is 5.00. The molecule has 0 saturated carbocycles. The Bertz CT molecular complexity index is 416. The van der Waals surface area contributed by atoms with E-state index in [0.717, 1.165) is 12.1 Å². The summed E-state index contributed by atoms with van der Waals surface area (Å²) < 4.78 is 37.4. The molecule has 0 aliphatic carbocycles. The summed E-state index contributed by atoms with van der Waals surface area (Å²) in [5.41, 5.74) is 0.0755. The Hall–Kier alpha value is -1.72. The molecule has 0 aliphatic heterocycles. The highest BCUT2D eigenvalue weighted by Crippen LogP contribution is 2.32. The highest BCUT2D eigenvalue weighted by Gasteiger charge is 2.30. The summed E-state index contributed by atoms with van der Waals surface area (Å²) in [5, 5.41) is 11.0. The van der Waals surface area contributed by atoms with Crippen LogP contribution in [0.4, 0.5) is 18.9 Å². The van der Waals surface area contributed by atoms with E-state index in [-0.39, 0.29) is 5.69 Å². The fourth-order valence-corrected chi connectivity index (χ4v) is 1.40. The van der Waals surface area contributed by atoms with Crippen LogP contribution in [0.1, 0.15) is 18.1 Å². The van der Waals surface area contributed by atoms with Gasteiger partial charge in [-0.2, -0.15) is 13.2 Å². The number of carboxylic acid groups (broad SMARTS) is 1. The van der Waals surface area contributed by atoms with Gasteiger partial charge in [-0.05, 0) is 24.1 Å². The number of alkyl halides is 3. The zero-order valence-electron chi connectivity index (χ0n) is 9.14. The summed E-state index contributed by atoms with van der Waals surface area (Å²) in [4.78, 5) is 10.4. The van der Waals surface area contributed by atoms with Crippen molar-refractivity contribution in [2.75, 3.05) is 11.9 Å². The van der Waals surface area contributed by atoms with Gasteiger partial charge in [-0.15, -0.1) is 0 Å². The molecule has 0 unspecified atom stereocenters. The molecule has 0 radical (unpaired) electrons. The molecule has 0 bridgehead atoms. The van der Waals surface area contributed by atoms with Gasteiger partial charge in [0.1, 0.15) is 6.54 Å². The predicted octanol–water partition coefficient (Wildman–Crippen LogP) is 2.76. The van der Waals surface area contributed by atoms with Gasteiger partial charge in [0.05, 0.1) is 5.56 Å². The molecule has 3 nitrogen and oxygen atoms in total. The van der Waals surface area contributed by atoms with E-state index >= 15 is 0 Å². The predicted molar refractivity (Wildman–Crippen MR) is 56.9 cm³/mol. The van der Waals surface area contributed by atoms with Crippen molar-refractivity contribution < 1.29 is 23.1 Å². The summed E-state index contributed by atoms with van der Waals surface area (Å²) in [6, 6.07) is 3.28. The second-order valence-corrected chi connectivity index (χ2v) is 3.47. The van der Waals surface area contributed by atoms with Crippen LogP contribution in [0.3, 0.4) is 0 Å². The fourth-order valence-electron chi connectivity index (χ4n) is 1.40. The number of halogens is 3. The Kier molecular flexibility index (Phi) is 3.98. The molecule has 1 rings (SSSR count). The lowest BCUT2D eigenvalue weighted by molar-refractivity contribution is -0.137. The van der Waals surface area contributed by atoms with Gasteiger partial charge in [-0.1, -0.05) is 13.0 Å². The van der Waals surface area contributed by atoms with Gasteiger partial charge < -0.3 is 10.4 Å². The Balaban J connectivity index is 3.02. The second kappa shape index (κ2) is 5.07. The SMILES string of the molecule is CCc1ccc(C(F)(F)F)cc1NCC(=O)O. The number of nitrogens with one attached hydrogen (secondary N) is 1. The van der Waals surface area contributed by atoms with Crippen molar-refractivity contribution >= 4 is 11.7 Å². The minimum atomic E-state index is -4.42. The number of carboxylic acids is 1. The minimum Gasteiger partial charge on any atom is -0.480 e. The van der Waals surface area contributed by atoms with Crippen molar-refractivity contribution in [2.45, 2.75) is 19.5 Å². The number of rotatable bonds is 4. The van der Waals surface area contributed by atoms with Crippen LogP contribution in [0.15, 0.2) is 18.2 Å². The molecule has 0 heterocycles. The van der Waals surface area contributed by atoms with Crippen LogP contribution in [0.5, 0.6) is 0 Å². The van der Waals surface area contributed by atoms with Crippen LogP contribution < -0.4 is 5.32 Å². The first kappa shape index (κ1) is 13.3. The van der Waals surface area contributed by atoms with Gasteiger partial charge >= 0.3 is 12.1 Å². The smallest absolute Gasteiger partial charge is 0.416 e. The van der Waals surface area contributed by atoms with E-state index in [1.807, 2.05) is 0 Å². The first-order chi connectivity index (χ1) is 7.84. The van der Waals surface area contributed by atoms with Crippen LogP contribution in [-0.2, 0) is 17.4 Å². The van der Waals surface area contributed by atoms with Crippen molar-refractivity contribution in [3.05, 3.63) is 29.3 Å². The van der Waals surface area contributed by atoms with Gasteiger partial charge in [0, 0.05) is 5.69 Å². The molecule has 6 heteroatoms. The maximum atomic E-state index is 12.5. The lowest BCUT2D eigenvalue weighted by atomic mass is 10.1. The van der Waals surface area contributed by atoms with E-state index < -0.39 is 24.3 Å². The lowest BCUT2D eigenvalue weighted by Gasteiger charge is -2.13. The third-order valence-electron chi connectivity index (χ3n) is 2.25. The number of benzene rings is 1. The quantitative estimate of drug-likeness (QED) is 0.860. The fraction of sp³-hybridized carbons (Fsp3) is 0.364. The van der Waals surface area contributed by atoms with E-state index in [0.29, 0.717) is 12.0 Å². The van der Waals surface area contributed by atoms with Crippen LogP contribution in [0.2, 0.25) is 0 Å². The number of anilines is 1. The number of carbonyl (C=O) groups is 1. The van der Waals surface area contributed by atoms with E-state index in [2.05, 4.69) is 5.32 Å². The molecular formula is C11H12F3NO2. The Labute approximate surface area is 96.3 Å². The molecule has 2 N–H and O–H groups in total.